The van der Waals surface area contributed by atoms with Crippen LogP contribution in [0.1, 0.15) is 30.0 Å². The van der Waals surface area contributed by atoms with Crippen molar-refractivity contribution < 1.29 is 4.39 Å². The molecule has 1 fully saturated rings. The zero-order valence-corrected chi connectivity index (χ0v) is 7.39. The third-order valence-corrected chi connectivity index (χ3v) is 3.05. The van der Waals surface area contributed by atoms with Gasteiger partial charge in [-0.3, -0.25) is 0 Å². The average molecular weight is 177 g/mol. The number of halogens is 1. The Bertz CT molecular complexity index is 344. The van der Waals surface area contributed by atoms with Crippen LogP contribution in [-0.4, -0.2) is 0 Å². The maximum atomic E-state index is 13.0. The monoisotopic (exact) mass is 177 g/mol. The fourth-order valence-electron chi connectivity index (χ4n) is 2.20. The minimum Gasteiger partial charge on any atom is -0.306 e. The van der Waals surface area contributed by atoms with E-state index in [2.05, 4.69) is 5.32 Å². The van der Waals surface area contributed by atoms with Crippen LogP contribution in [0, 0.1) is 11.7 Å². The van der Waals surface area contributed by atoms with Gasteiger partial charge in [-0.2, -0.15) is 0 Å². The molecule has 2 aliphatic rings. The van der Waals surface area contributed by atoms with Crippen LogP contribution >= 0.6 is 0 Å². The van der Waals surface area contributed by atoms with E-state index in [9.17, 15) is 4.39 Å². The number of fused-ring (bicyclic) bond motifs is 1. The number of nitrogens with one attached hydrogen (secondary N) is 1. The third-order valence-electron chi connectivity index (χ3n) is 3.05. The molecule has 2 heteroatoms. The van der Waals surface area contributed by atoms with E-state index in [1.165, 1.54) is 24.0 Å². The molecule has 1 aromatic rings. The van der Waals surface area contributed by atoms with Gasteiger partial charge in [0.25, 0.3) is 0 Å². The van der Waals surface area contributed by atoms with E-state index in [0.29, 0.717) is 6.04 Å². The van der Waals surface area contributed by atoms with Gasteiger partial charge in [-0.15, -0.1) is 0 Å². The normalized spacial score (nSPS) is 26.1. The molecule has 1 aliphatic heterocycles. The summed E-state index contributed by atoms with van der Waals surface area (Å²) in [5.41, 5.74) is 2.47. The highest BCUT2D eigenvalue weighted by molar-refractivity contribution is 5.35. The van der Waals surface area contributed by atoms with Gasteiger partial charge in [-0.25, -0.2) is 4.39 Å². The van der Waals surface area contributed by atoms with Gasteiger partial charge >= 0.3 is 0 Å². The Hall–Kier alpha value is -0.890. The van der Waals surface area contributed by atoms with Crippen molar-refractivity contribution in [1.29, 1.82) is 0 Å². The van der Waals surface area contributed by atoms with Gasteiger partial charge in [0.15, 0.2) is 0 Å². The first kappa shape index (κ1) is 7.51. The molecule has 1 aliphatic carbocycles. The van der Waals surface area contributed by atoms with Gasteiger partial charge in [0.2, 0.25) is 0 Å². The summed E-state index contributed by atoms with van der Waals surface area (Å²) >= 11 is 0. The molecule has 0 saturated heterocycles. The molecule has 1 N–H and O–H groups in total. The average Bonchev–Trinajstić information content (AvgIpc) is 2.87. The van der Waals surface area contributed by atoms with E-state index in [4.69, 9.17) is 0 Å². The number of hydrogen-bond acceptors (Lipinski definition) is 1. The molecule has 1 saturated carbocycles. The minimum atomic E-state index is -0.104. The van der Waals surface area contributed by atoms with Gasteiger partial charge in [-0.1, -0.05) is 6.07 Å². The Balaban J connectivity index is 2.03. The van der Waals surface area contributed by atoms with Crippen LogP contribution in [0.5, 0.6) is 0 Å². The Morgan fingerprint density at radius 3 is 2.92 bits per heavy atom. The maximum Gasteiger partial charge on any atom is 0.123 e. The summed E-state index contributed by atoms with van der Waals surface area (Å²) in [5, 5.41) is 3.44. The quantitative estimate of drug-likeness (QED) is 0.694. The summed E-state index contributed by atoms with van der Waals surface area (Å²) in [6, 6.07) is 5.58. The molecule has 0 radical (unpaired) electrons. The minimum absolute atomic E-state index is 0.104. The van der Waals surface area contributed by atoms with Crippen molar-refractivity contribution in [2.75, 3.05) is 0 Å². The van der Waals surface area contributed by atoms with Crippen LogP contribution < -0.4 is 5.32 Å². The highest BCUT2D eigenvalue weighted by atomic mass is 19.1. The van der Waals surface area contributed by atoms with Crippen molar-refractivity contribution >= 4 is 0 Å². The van der Waals surface area contributed by atoms with Crippen LogP contribution in [0.25, 0.3) is 0 Å². The van der Waals surface area contributed by atoms with E-state index < -0.39 is 0 Å². The first-order valence-corrected chi connectivity index (χ1v) is 4.86. The van der Waals surface area contributed by atoms with Crippen molar-refractivity contribution in [1.82, 2.24) is 5.32 Å². The molecule has 1 unspecified atom stereocenters. The number of benzene rings is 1. The lowest BCUT2D eigenvalue weighted by atomic mass is 10.0. The molecule has 1 atom stereocenters. The van der Waals surface area contributed by atoms with E-state index >= 15 is 0 Å². The highest BCUT2D eigenvalue weighted by Gasteiger charge is 2.36. The Morgan fingerprint density at radius 1 is 1.31 bits per heavy atom. The second kappa shape index (κ2) is 2.55. The lowest BCUT2D eigenvalue weighted by Crippen LogP contribution is -2.13. The predicted octanol–water partition coefficient (Wildman–Crippen LogP) is 2.38. The molecule has 3 rings (SSSR count). The van der Waals surface area contributed by atoms with E-state index in [0.717, 1.165) is 12.5 Å². The van der Waals surface area contributed by atoms with Crippen molar-refractivity contribution in [2.24, 2.45) is 5.92 Å². The summed E-state index contributed by atoms with van der Waals surface area (Å²) < 4.78 is 13.0. The summed E-state index contributed by atoms with van der Waals surface area (Å²) in [6.07, 6.45) is 2.60. The molecular formula is C11H12FN. The number of hydrogen-bond donors (Lipinski definition) is 1. The first-order chi connectivity index (χ1) is 6.34. The van der Waals surface area contributed by atoms with E-state index in [-0.39, 0.29) is 5.82 Å². The lowest BCUT2D eigenvalue weighted by molar-refractivity contribution is 0.520. The van der Waals surface area contributed by atoms with Crippen molar-refractivity contribution in [3.63, 3.8) is 0 Å². The van der Waals surface area contributed by atoms with E-state index in [1.54, 1.807) is 12.1 Å². The zero-order chi connectivity index (χ0) is 8.84. The molecule has 1 aromatic carbocycles. The van der Waals surface area contributed by atoms with Gasteiger partial charge in [0.1, 0.15) is 5.82 Å². The summed E-state index contributed by atoms with van der Waals surface area (Å²) in [7, 11) is 0. The highest BCUT2D eigenvalue weighted by Crippen LogP contribution is 2.44. The fraction of sp³-hybridized carbons (Fsp3) is 0.455. The molecule has 68 valence electrons. The summed E-state index contributed by atoms with van der Waals surface area (Å²) in [4.78, 5) is 0. The molecule has 1 nitrogen and oxygen atoms in total. The molecule has 0 bridgehead atoms. The second-order valence-electron chi connectivity index (χ2n) is 4.04. The largest absolute Gasteiger partial charge is 0.306 e. The topological polar surface area (TPSA) is 12.0 Å². The van der Waals surface area contributed by atoms with Crippen molar-refractivity contribution in [3.05, 3.63) is 35.1 Å². The van der Waals surface area contributed by atoms with Gasteiger partial charge < -0.3 is 5.32 Å². The van der Waals surface area contributed by atoms with Crippen LogP contribution in [0.3, 0.4) is 0 Å². The number of rotatable bonds is 1. The van der Waals surface area contributed by atoms with Gasteiger partial charge in [0, 0.05) is 12.6 Å². The standard InChI is InChI=1S/C11H12FN/c12-9-4-3-8-6-13-11(7-1-2-7)10(8)5-9/h3-5,7,11,13H,1-2,6H2. The van der Waals surface area contributed by atoms with Crippen LogP contribution in [0.2, 0.25) is 0 Å². The van der Waals surface area contributed by atoms with Gasteiger partial charge in [-0.05, 0) is 42.0 Å². The molecule has 13 heavy (non-hydrogen) atoms. The van der Waals surface area contributed by atoms with Crippen LogP contribution in [-0.2, 0) is 6.54 Å². The predicted molar refractivity (Wildman–Crippen MR) is 48.7 cm³/mol. The second-order valence-corrected chi connectivity index (χ2v) is 4.04. The van der Waals surface area contributed by atoms with Crippen LogP contribution in [0.15, 0.2) is 18.2 Å². The van der Waals surface area contributed by atoms with Crippen molar-refractivity contribution in [3.8, 4) is 0 Å². The molecule has 0 amide bonds. The Labute approximate surface area is 77.0 Å². The molecule has 1 heterocycles. The molecular weight excluding hydrogens is 165 g/mol. The lowest BCUT2D eigenvalue weighted by Gasteiger charge is -2.09. The zero-order valence-electron chi connectivity index (χ0n) is 7.39. The molecule has 0 aromatic heterocycles. The first-order valence-electron chi connectivity index (χ1n) is 4.86. The smallest absolute Gasteiger partial charge is 0.123 e. The Kier molecular flexibility index (Phi) is 1.47. The summed E-state index contributed by atoms with van der Waals surface area (Å²) in [5.74, 6) is 0.663. The van der Waals surface area contributed by atoms with Crippen LogP contribution in [0.4, 0.5) is 4.39 Å². The fourth-order valence-corrected chi connectivity index (χ4v) is 2.20. The SMILES string of the molecule is Fc1ccc2c(c1)C(C1CC1)NC2. The maximum absolute atomic E-state index is 13.0. The van der Waals surface area contributed by atoms with Gasteiger partial charge in [0.05, 0.1) is 0 Å². The third kappa shape index (κ3) is 1.17. The van der Waals surface area contributed by atoms with Crippen molar-refractivity contribution in [2.45, 2.75) is 25.4 Å². The summed E-state index contributed by atoms with van der Waals surface area (Å²) in [6.45, 7) is 0.913. The van der Waals surface area contributed by atoms with E-state index in [1.807, 2.05) is 6.07 Å². The molecule has 0 spiro atoms. The Morgan fingerprint density at radius 2 is 2.15 bits per heavy atom.